The molecule has 0 radical (unpaired) electrons. The number of aliphatic carboxylic acids is 1. The van der Waals surface area contributed by atoms with Crippen molar-refractivity contribution >= 4 is 71.3 Å². The van der Waals surface area contributed by atoms with Crippen molar-refractivity contribution in [2.75, 3.05) is 44.6 Å². The number of epoxide rings is 1. The minimum absolute atomic E-state index is 0.0109. The first-order valence-corrected chi connectivity index (χ1v) is 32.9. The van der Waals surface area contributed by atoms with Crippen LogP contribution in [0, 0.1) is 17.8 Å². The molecule has 0 aromatic heterocycles. The van der Waals surface area contributed by atoms with Crippen LogP contribution in [-0.4, -0.2) is 211 Å². The van der Waals surface area contributed by atoms with E-state index < -0.39 is 138 Å². The third-order valence-corrected chi connectivity index (χ3v) is 17.3. The third kappa shape index (κ3) is 25.7. The highest BCUT2D eigenvalue weighted by atomic mass is 16.6. The van der Waals surface area contributed by atoms with Gasteiger partial charge in [0.1, 0.15) is 36.4 Å². The van der Waals surface area contributed by atoms with Crippen LogP contribution in [0.15, 0.2) is 72.4 Å². The number of imide groups is 1. The van der Waals surface area contributed by atoms with E-state index in [1.165, 1.54) is 35.0 Å². The van der Waals surface area contributed by atoms with Crippen LogP contribution < -0.4 is 32.3 Å². The maximum Gasteiger partial charge on any atom is 0.410 e. The zero-order chi connectivity index (χ0) is 71.0. The van der Waals surface area contributed by atoms with Crippen LogP contribution >= 0.6 is 0 Å². The van der Waals surface area contributed by atoms with E-state index in [9.17, 15) is 78.3 Å². The molecule has 10 amide bonds. The Bertz CT molecular complexity index is 2980. The summed E-state index contributed by atoms with van der Waals surface area (Å²) in [5.41, 5.74) is 3.71. The average Bonchev–Trinajstić information content (AvgIpc) is 1.64. The number of benzene rings is 1. The summed E-state index contributed by atoms with van der Waals surface area (Å²) in [4.78, 5) is 145. The number of nitrogens with zero attached hydrogens (tertiary/aromatic N) is 3. The molecule has 5 rings (SSSR count). The van der Waals surface area contributed by atoms with Crippen LogP contribution in [0.3, 0.4) is 0 Å². The molecule has 12 N–H and O–H groups in total. The van der Waals surface area contributed by atoms with Crippen molar-refractivity contribution in [1.82, 2.24) is 36.0 Å². The smallest absolute Gasteiger partial charge is 0.410 e. The number of ether oxygens (including phenoxy) is 4. The monoisotopic (exact) mass is 1350 g/mol. The molecule has 1 aromatic rings. The van der Waals surface area contributed by atoms with Crippen molar-refractivity contribution in [3.63, 3.8) is 0 Å². The Balaban J connectivity index is 1.13. The number of unbranched alkanes of at least 4 members (excludes halogenated alkanes) is 2. The number of nitrogens with one attached hydrogen (secondary N) is 5. The van der Waals surface area contributed by atoms with E-state index >= 15 is 0 Å². The number of carboxylic acids is 1. The molecule has 96 heavy (non-hydrogen) atoms. The first kappa shape index (κ1) is 78.4. The van der Waals surface area contributed by atoms with Gasteiger partial charge in [-0.3, -0.25) is 43.3 Å². The average molecular weight is 1350 g/mol. The topological polar surface area (TPSA) is 425 Å². The van der Waals surface area contributed by atoms with E-state index in [2.05, 4.69) is 26.6 Å². The molecule has 4 aliphatic heterocycles. The quantitative estimate of drug-likeness (QED) is 0.00935. The summed E-state index contributed by atoms with van der Waals surface area (Å²) in [6, 6.07) is 1.60. The molecule has 2 fully saturated rings. The van der Waals surface area contributed by atoms with Crippen LogP contribution in [0.2, 0.25) is 0 Å². The number of carboxylic acid groups (broad SMARTS) is 1. The van der Waals surface area contributed by atoms with E-state index in [4.69, 9.17) is 24.7 Å². The van der Waals surface area contributed by atoms with E-state index in [1.807, 2.05) is 13.8 Å². The van der Waals surface area contributed by atoms with Crippen molar-refractivity contribution in [1.29, 1.82) is 0 Å². The normalized spacial score (nSPS) is 24.2. The number of nitrogens with two attached hydrogens (primary N) is 1. The number of urea groups is 1. The summed E-state index contributed by atoms with van der Waals surface area (Å²) in [5.74, 6) is -6.79. The number of rotatable bonds is 32. The zero-order valence-electron chi connectivity index (χ0n) is 56.2. The molecule has 2 saturated heterocycles. The molecular formula is C67H99N9O20. The van der Waals surface area contributed by atoms with Crippen LogP contribution in [0.25, 0.3) is 0 Å². The molecular weight excluding hydrogens is 1250 g/mol. The van der Waals surface area contributed by atoms with Crippen molar-refractivity contribution in [2.45, 2.75) is 211 Å². The number of hydrogen-bond acceptors (Lipinski definition) is 19. The Hall–Kier alpha value is -8.25. The Labute approximate surface area is 559 Å². The Kier molecular flexibility index (Phi) is 30.5. The van der Waals surface area contributed by atoms with E-state index in [-0.39, 0.29) is 115 Å². The number of anilines is 1. The number of aliphatic hydroxyl groups is 4. The van der Waals surface area contributed by atoms with Gasteiger partial charge in [-0.15, -0.1) is 0 Å². The molecule has 13 atom stereocenters. The van der Waals surface area contributed by atoms with E-state index in [1.54, 1.807) is 83.2 Å². The number of carbonyl (C=O) groups excluding carboxylic acids is 10. The SMILES string of the molecule is CC[C@H](O)[C@@H](C)[C@@H]1O[C@@H]1C[C@@](C)(O)/C=C/C=C(\C)[C@H]1OC(=O)C[C@H](O)CC[C@@](C)(O)[C@@H](OC(=O)N2CCN(C(=O)OCc3ccc(NC(=O)[C@H](CCCNC(N)=O)NC(=O)[C@@H](NC(=O)[C@H](CCC(=O)O)NC(=O)CCCCCN4C(=O)C=CC4=O)C(C)C)cc3)CC2)/C=C\[C@@H]1C. The first-order chi connectivity index (χ1) is 45.3. The lowest BCUT2D eigenvalue weighted by Crippen LogP contribution is -2.57. The minimum Gasteiger partial charge on any atom is -0.481 e. The number of esters is 1. The number of primary amides is 1. The second-order valence-corrected chi connectivity index (χ2v) is 26.0. The molecule has 0 saturated carbocycles. The fraction of sp³-hybridized carbons (Fsp3) is 0.627. The van der Waals surface area contributed by atoms with Gasteiger partial charge in [-0.1, -0.05) is 77.5 Å². The van der Waals surface area contributed by atoms with Crippen LogP contribution in [0.4, 0.5) is 20.1 Å². The van der Waals surface area contributed by atoms with Gasteiger partial charge in [-0.25, -0.2) is 14.4 Å². The van der Waals surface area contributed by atoms with E-state index in [0.29, 0.717) is 43.2 Å². The molecule has 4 heterocycles. The van der Waals surface area contributed by atoms with Gasteiger partial charge >= 0.3 is 30.2 Å². The molecule has 29 nitrogen and oxygen atoms in total. The van der Waals surface area contributed by atoms with E-state index in [0.717, 1.165) is 4.90 Å². The van der Waals surface area contributed by atoms with Crippen LogP contribution in [0.1, 0.15) is 144 Å². The van der Waals surface area contributed by atoms with Gasteiger partial charge in [0.05, 0.1) is 36.4 Å². The number of allylic oxidation sites excluding steroid dienone is 2. The molecule has 532 valence electrons. The number of hydrogen-bond donors (Lipinski definition) is 11. The highest BCUT2D eigenvalue weighted by Gasteiger charge is 2.47. The van der Waals surface area contributed by atoms with Crippen LogP contribution in [0.5, 0.6) is 0 Å². The van der Waals surface area contributed by atoms with Gasteiger partial charge in [-0.2, -0.15) is 0 Å². The lowest BCUT2D eigenvalue weighted by atomic mass is 9.88. The Morgan fingerprint density at radius 3 is 2.12 bits per heavy atom. The summed E-state index contributed by atoms with van der Waals surface area (Å²) in [6.45, 7) is 14.0. The first-order valence-electron chi connectivity index (χ1n) is 32.9. The summed E-state index contributed by atoms with van der Waals surface area (Å²) < 4.78 is 23.2. The largest absolute Gasteiger partial charge is 0.481 e. The summed E-state index contributed by atoms with van der Waals surface area (Å²) in [5, 5.41) is 66.4. The molecule has 29 heteroatoms. The van der Waals surface area contributed by atoms with Crippen LogP contribution in [-0.2, 0) is 63.9 Å². The number of amides is 10. The second-order valence-electron chi connectivity index (χ2n) is 26.0. The minimum atomic E-state index is -1.70. The van der Waals surface area contributed by atoms with Crippen molar-refractivity contribution in [3.05, 3.63) is 77.9 Å². The third-order valence-electron chi connectivity index (χ3n) is 17.3. The molecule has 0 aliphatic carbocycles. The maximum absolute atomic E-state index is 14.0. The lowest BCUT2D eigenvalue weighted by Gasteiger charge is -2.37. The Morgan fingerprint density at radius 1 is 0.854 bits per heavy atom. The number of piperazine rings is 1. The standard InChI is InChI=1S/C67H99N9O20/c1-9-49(78)43(6)59-50(94-59)38-66(7,91)29-13-15-41(4)58-42(5)18-24-51(67(8,92)30-28-46(77)37-56(84)96-58)95-65(90)75-35-33-74(34-36-75)64(89)93-39-44-19-21-45(22-20-44)70-60(85)47(16-14-31-69-63(68)88)72-62(87)57(40(2)3)73-61(86)48(23-27-55(82)83)71-52(79)17-11-10-12-32-76-53(80)25-26-54(76)81/h13,15,18-22,24-26,29,40,42-43,46-51,57-59,77-78,91-92H,9-12,14,16-17,23,27-28,30-39H2,1-8H3,(H,70,85)(H,71,79)(H,72,87)(H,73,86)(H,82,83)(H3,68,69,88)/b24-18-,29-13+,41-15+/t42-,43+,46+,47-,48-,49-,50+,51-,57-,58+,59-,66-,67+/m0/s1. The van der Waals surface area contributed by atoms with Gasteiger partial charge < -0.3 is 86.6 Å². The summed E-state index contributed by atoms with van der Waals surface area (Å²) >= 11 is 0. The van der Waals surface area contributed by atoms with Crippen molar-refractivity contribution in [3.8, 4) is 0 Å². The van der Waals surface area contributed by atoms with Crippen molar-refractivity contribution in [2.24, 2.45) is 23.5 Å². The highest BCUT2D eigenvalue weighted by Crippen LogP contribution is 2.38. The van der Waals surface area contributed by atoms with Gasteiger partial charge in [0.25, 0.3) is 11.8 Å². The predicted molar refractivity (Wildman–Crippen MR) is 348 cm³/mol. The molecule has 0 bridgehead atoms. The van der Waals surface area contributed by atoms with Gasteiger partial charge in [0.2, 0.25) is 23.6 Å². The Morgan fingerprint density at radius 2 is 1.50 bits per heavy atom. The highest BCUT2D eigenvalue weighted by molar-refractivity contribution is 6.12. The lowest BCUT2D eigenvalue weighted by molar-refractivity contribution is -0.151. The van der Waals surface area contributed by atoms with Gasteiger partial charge in [-0.05, 0) is 107 Å². The number of carbonyl (C=O) groups is 11. The van der Waals surface area contributed by atoms with Gasteiger partial charge in [0, 0.05) is 88.2 Å². The molecule has 0 unspecified atom stereocenters. The fourth-order valence-corrected chi connectivity index (χ4v) is 11.2. The fourth-order valence-electron chi connectivity index (χ4n) is 11.2. The van der Waals surface area contributed by atoms with Gasteiger partial charge in [0.15, 0.2) is 6.10 Å². The summed E-state index contributed by atoms with van der Waals surface area (Å²) in [6.07, 6.45) is 5.97. The summed E-state index contributed by atoms with van der Waals surface area (Å²) in [7, 11) is 0. The molecule has 4 aliphatic rings. The number of aliphatic hydroxyl groups excluding tert-OH is 2. The maximum atomic E-state index is 14.0. The van der Waals surface area contributed by atoms with Crippen molar-refractivity contribution < 1.29 is 97.2 Å². The molecule has 1 aromatic carbocycles. The molecule has 0 spiro atoms. The number of cyclic esters (lactones) is 1. The zero-order valence-corrected chi connectivity index (χ0v) is 56.2. The predicted octanol–water partition coefficient (Wildman–Crippen LogP) is 3.51. The second kappa shape index (κ2) is 37.3.